The molecule has 1 nitrogen and oxygen atoms in total. The van der Waals surface area contributed by atoms with E-state index in [4.69, 9.17) is 4.74 Å². The van der Waals surface area contributed by atoms with Crippen LogP contribution >= 0.6 is 0 Å². The minimum atomic E-state index is 0.388. The third kappa shape index (κ3) is 1.05. The van der Waals surface area contributed by atoms with Crippen LogP contribution in [0.3, 0.4) is 0 Å². The van der Waals surface area contributed by atoms with Gasteiger partial charge >= 0.3 is 0 Å². The molecule has 2 aliphatic heterocycles. The van der Waals surface area contributed by atoms with Crippen molar-refractivity contribution in [3.8, 4) is 0 Å². The Hall–Kier alpha value is -0.560. The zero-order chi connectivity index (χ0) is 9.71. The van der Waals surface area contributed by atoms with Gasteiger partial charge in [0.25, 0.3) is 0 Å². The lowest BCUT2D eigenvalue weighted by Crippen LogP contribution is -2.19. The maximum atomic E-state index is 6.17. The Balaban J connectivity index is 2.08. The molecule has 76 valence electrons. The number of hydrogen-bond donors (Lipinski definition) is 0. The monoisotopic (exact) mass is 190 g/mol. The summed E-state index contributed by atoms with van der Waals surface area (Å²) in [6.45, 7) is 4.61. The summed E-state index contributed by atoms with van der Waals surface area (Å²) in [5, 5.41) is 0. The second kappa shape index (κ2) is 2.96. The van der Waals surface area contributed by atoms with Crippen LogP contribution in [0.2, 0.25) is 0 Å². The van der Waals surface area contributed by atoms with Crippen LogP contribution in [0.25, 0.3) is 0 Å². The topological polar surface area (TPSA) is 9.23 Å². The molecule has 3 aliphatic rings. The average molecular weight is 190 g/mol. The molecule has 1 heteroatoms. The van der Waals surface area contributed by atoms with Crippen molar-refractivity contribution in [3.05, 3.63) is 22.8 Å². The van der Waals surface area contributed by atoms with E-state index in [0.717, 1.165) is 0 Å². The molecule has 0 unspecified atom stereocenters. The van der Waals surface area contributed by atoms with Gasteiger partial charge in [-0.1, -0.05) is 13.0 Å². The number of fused-ring (bicyclic) bond motifs is 1. The van der Waals surface area contributed by atoms with E-state index in [9.17, 15) is 0 Å². The minimum Gasteiger partial charge on any atom is -0.362 e. The highest BCUT2D eigenvalue weighted by atomic mass is 16.5. The number of hydrogen-bond acceptors (Lipinski definition) is 1. The Bertz CT molecular complexity index is 324. The molecular weight excluding hydrogens is 172 g/mol. The van der Waals surface area contributed by atoms with Crippen molar-refractivity contribution >= 4 is 0 Å². The molecule has 0 spiro atoms. The standard InChI is InChI=1S/C13H18O/c1-8-6-7-10-4-3-5-11-9(2)12(8)14-13(10)11/h4,8,12-13H,3,5-7H2,1-2H3/t8-,12+,13+/m1/s1. The van der Waals surface area contributed by atoms with Gasteiger partial charge in [0.15, 0.2) is 0 Å². The molecule has 2 heterocycles. The van der Waals surface area contributed by atoms with Crippen molar-refractivity contribution in [1.29, 1.82) is 0 Å². The molecule has 2 bridgehead atoms. The van der Waals surface area contributed by atoms with Crippen molar-refractivity contribution in [3.63, 3.8) is 0 Å². The smallest absolute Gasteiger partial charge is 0.101 e. The van der Waals surface area contributed by atoms with Gasteiger partial charge in [-0.15, -0.1) is 0 Å². The zero-order valence-corrected chi connectivity index (χ0v) is 9.05. The Morgan fingerprint density at radius 3 is 3.07 bits per heavy atom. The molecule has 0 saturated carbocycles. The maximum Gasteiger partial charge on any atom is 0.101 e. The second-order valence-electron chi connectivity index (χ2n) is 4.98. The molecule has 1 fully saturated rings. The van der Waals surface area contributed by atoms with Gasteiger partial charge in [0, 0.05) is 0 Å². The molecule has 1 saturated heterocycles. The lowest BCUT2D eigenvalue weighted by Gasteiger charge is -2.22. The molecule has 3 atom stereocenters. The van der Waals surface area contributed by atoms with Crippen LogP contribution in [0.15, 0.2) is 22.8 Å². The van der Waals surface area contributed by atoms with Gasteiger partial charge in [-0.3, -0.25) is 0 Å². The fourth-order valence-corrected chi connectivity index (χ4v) is 3.22. The van der Waals surface area contributed by atoms with Crippen LogP contribution in [0.4, 0.5) is 0 Å². The van der Waals surface area contributed by atoms with Gasteiger partial charge in [0.2, 0.25) is 0 Å². The van der Waals surface area contributed by atoms with Crippen LogP contribution in [0.5, 0.6) is 0 Å². The fraction of sp³-hybridized carbons (Fsp3) is 0.692. The van der Waals surface area contributed by atoms with Crippen molar-refractivity contribution in [2.24, 2.45) is 5.92 Å². The van der Waals surface area contributed by atoms with E-state index in [1.807, 2.05) is 0 Å². The quantitative estimate of drug-likeness (QED) is 0.533. The summed E-state index contributed by atoms with van der Waals surface area (Å²) in [4.78, 5) is 0. The van der Waals surface area contributed by atoms with Crippen LogP contribution in [-0.4, -0.2) is 12.2 Å². The van der Waals surface area contributed by atoms with Crippen LogP contribution < -0.4 is 0 Å². The van der Waals surface area contributed by atoms with E-state index >= 15 is 0 Å². The van der Waals surface area contributed by atoms with E-state index in [-0.39, 0.29) is 0 Å². The SMILES string of the molecule is CC1=C2CCC=C3CC[C@@H](C)[C@@H]1O[C@@H]32. The summed E-state index contributed by atoms with van der Waals surface area (Å²) in [6.07, 6.45) is 8.28. The van der Waals surface area contributed by atoms with E-state index in [1.165, 1.54) is 25.7 Å². The van der Waals surface area contributed by atoms with E-state index in [0.29, 0.717) is 18.1 Å². The second-order valence-corrected chi connectivity index (χ2v) is 4.98. The first-order valence-electron chi connectivity index (χ1n) is 5.81. The van der Waals surface area contributed by atoms with Gasteiger partial charge in [0.1, 0.15) is 6.10 Å². The van der Waals surface area contributed by atoms with Crippen molar-refractivity contribution in [2.45, 2.75) is 51.7 Å². The normalized spacial score (nSPS) is 41.0. The minimum absolute atomic E-state index is 0.388. The lowest BCUT2D eigenvalue weighted by molar-refractivity contribution is 0.0481. The van der Waals surface area contributed by atoms with Crippen molar-refractivity contribution in [2.75, 3.05) is 0 Å². The molecule has 1 aliphatic carbocycles. The molecule has 3 rings (SSSR count). The Morgan fingerprint density at radius 1 is 1.36 bits per heavy atom. The Kier molecular flexibility index (Phi) is 1.85. The molecule has 0 aromatic rings. The number of ether oxygens (including phenoxy) is 1. The molecule has 0 radical (unpaired) electrons. The Labute approximate surface area is 85.8 Å². The van der Waals surface area contributed by atoms with Crippen LogP contribution in [0, 0.1) is 5.92 Å². The van der Waals surface area contributed by atoms with Crippen molar-refractivity contribution < 1.29 is 4.74 Å². The van der Waals surface area contributed by atoms with Gasteiger partial charge in [0.05, 0.1) is 6.10 Å². The molecule has 0 amide bonds. The highest BCUT2D eigenvalue weighted by Crippen LogP contribution is 2.44. The summed E-state index contributed by atoms with van der Waals surface area (Å²) in [6, 6.07) is 0. The highest BCUT2D eigenvalue weighted by Gasteiger charge is 2.40. The molecule has 0 aromatic carbocycles. The molecular formula is C13H18O. The van der Waals surface area contributed by atoms with Gasteiger partial charge in [-0.05, 0) is 55.2 Å². The van der Waals surface area contributed by atoms with E-state index in [2.05, 4.69) is 19.9 Å². The first-order valence-corrected chi connectivity index (χ1v) is 5.81. The van der Waals surface area contributed by atoms with Gasteiger partial charge in [-0.25, -0.2) is 0 Å². The third-order valence-electron chi connectivity index (χ3n) is 4.09. The summed E-state index contributed by atoms with van der Waals surface area (Å²) in [5.74, 6) is 0.707. The summed E-state index contributed by atoms with van der Waals surface area (Å²) in [7, 11) is 0. The number of allylic oxidation sites excluding steroid dienone is 1. The average Bonchev–Trinajstić information content (AvgIpc) is 2.43. The summed E-state index contributed by atoms with van der Waals surface area (Å²) < 4.78 is 6.17. The molecule has 0 N–H and O–H groups in total. The van der Waals surface area contributed by atoms with Crippen molar-refractivity contribution in [1.82, 2.24) is 0 Å². The van der Waals surface area contributed by atoms with E-state index in [1.54, 1.807) is 16.7 Å². The molecule has 14 heavy (non-hydrogen) atoms. The lowest BCUT2D eigenvalue weighted by atomic mass is 9.81. The summed E-state index contributed by atoms with van der Waals surface area (Å²) >= 11 is 0. The van der Waals surface area contributed by atoms with E-state index < -0.39 is 0 Å². The largest absolute Gasteiger partial charge is 0.362 e. The first kappa shape index (κ1) is 8.72. The van der Waals surface area contributed by atoms with Crippen LogP contribution in [-0.2, 0) is 4.74 Å². The first-order chi connectivity index (χ1) is 6.77. The zero-order valence-electron chi connectivity index (χ0n) is 9.05. The van der Waals surface area contributed by atoms with Crippen LogP contribution in [0.1, 0.15) is 39.5 Å². The third-order valence-corrected chi connectivity index (χ3v) is 4.09. The summed E-state index contributed by atoms with van der Waals surface area (Å²) in [5.41, 5.74) is 4.73. The number of rotatable bonds is 0. The molecule has 0 aromatic heterocycles. The Morgan fingerprint density at radius 2 is 2.21 bits per heavy atom. The maximum absolute atomic E-state index is 6.17. The highest BCUT2D eigenvalue weighted by molar-refractivity contribution is 5.38. The predicted molar refractivity (Wildman–Crippen MR) is 57.1 cm³/mol. The van der Waals surface area contributed by atoms with Gasteiger partial charge in [-0.2, -0.15) is 0 Å². The predicted octanol–water partition coefficient (Wildman–Crippen LogP) is 3.22. The van der Waals surface area contributed by atoms with Gasteiger partial charge < -0.3 is 4.74 Å². The fourth-order valence-electron chi connectivity index (χ4n) is 3.22.